The Morgan fingerprint density at radius 2 is 2.06 bits per heavy atom. The molecule has 1 aliphatic carbocycles. The van der Waals surface area contributed by atoms with Crippen molar-refractivity contribution >= 4 is 22.8 Å². The zero-order valence-corrected chi connectivity index (χ0v) is 8.49. The summed E-state index contributed by atoms with van der Waals surface area (Å²) in [5, 5.41) is 8.32. The number of allylic oxidation sites excluding steroid dienone is 1. The van der Waals surface area contributed by atoms with E-state index in [9.17, 15) is 4.79 Å². The van der Waals surface area contributed by atoms with Gasteiger partial charge in [0.25, 0.3) is 0 Å². The topological polar surface area (TPSA) is 54.1 Å². The second kappa shape index (κ2) is 3.17. The predicted octanol–water partition coefficient (Wildman–Crippen LogP) is 2.58. The highest BCUT2D eigenvalue weighted by Gasteiger charge is 2.18. The third-order valence-electron chi connectivity index (χ3n) is 2.72. The van der Waals surface area contributed by atoms with E-state index < -0.39 is 0 Å². The third-order valence-corrected chi connectivity index (χ3v) is 2.72. The third kappa shape index (κ3) is 1.15. The summed E-state index contributed by atoms with van der Waals surface area (Å²) in [6.07, 6.45) is 4.10. The van der Waals surface area contributed by atoms with Crippen LogP contribution in [0.15, 0.2) is 39.6 Å². The lowest BCUT2D eigenvalue weighted by atomic mass is 9.99. The van der Waals surface area contributed by atoms with Gasteiger partial charge in [-0.05, 0) is 18.2 Å². The Morgan fingerprint density at radius 3 is 2.94 bits per heavy atom. The van der Waals surface area contributed by atoms with Crippen LogP contribution in [0.3, 0.4) is 0 Å². The molecule has 0 saturated heterocycles. The Balaban J connectivity index is 2.52. The van der Waals surface area contributed by atoms with E-state index in [0.717, 1.165) is 0 Å². The molecule has 1 aliphatic rings. The van der Waals surface area contributed by atoms with E-state index in [0.29, 0.717) is 34.4 Å². The smallest absolute Gasteiger partial charge is 0.202 e. The van der Waals surface area contributed by atoms with E-state index >= 15 is 0 Å². The molecule has 3 heteroatoms. The van der Waals surface area contributed by atoms with Crippen molar-refractivity contribution in [1.82, 2.24) is 0 Å². The molecule has 0 saturated carbocycles. The van der Waals surface area contributed by atoms with Gasteiger partial charge in [-0.25, -0.2) is 0 Å². The predicted molar refractivity (Wildman–Crippen MR) is 63.0 cm³/mol. The van der Waals surface area contributed by atoms with Gasteiger partial charge in [0, 0.05) is 6.42 Å². The first-order valence-corrected chi connectivity index (χ1v) is 5.07. The van der Waals surface area contributed by atoms with Gasteiger partial charge in [-0.2, -0.15) is 0 Å². The average Bonchev–Trinajstić information content (AvgIpc) is 2.29. The van der Waals surface area contributed by atoms with Crippen molar-refractivity contribution in [1.29, 1.82) is 5.41 Å². The second-order valence-electron chi connectivity index (χ2n) is 3.75. The number of hydrogen-bond acceptors (Lipinski definition) is 3. The minimum atomic E-state index is -0.105. The van der Waals surface area contributed by atoms with E-state index in [-0.39, 0.29) is 5.43 Å². The minimum absolute atomic E-state index is 0.105. The highest BCUT2D eigenvalue weighted by Crippen LogP contribution is 2.21. The number of para-hydroxylation sites is 1. The van der Waals surface area contributed by atoms with E-state index in [1.54, 1.807) is 24.3 Å². The van der Waals surface area contributed by atoms with E-state index in [2.05, 4.69) is 0 Å². The molecule has 0 amide bonds. The minimum Gasteiger partial charge on any atom is -0.456 e. The van der Waals surface area contributed by atoms with Gasteiger partial charge in [0.1, 0.15) is 11.3 Å². The van der Waals surface area contributed by atoms with Crippen LogP contribution in [-0.2, 0) is 0 Å². The summed E-state index contributed by atoms with van der Waals surface area (Å²) in [7, 11) is 0. The summed E-state index contributed by atoms with van der Waals surface area (Å²) in [6, 6.07) is 7.12. The molecule has 1 aromatic carbocycles. The molecule has 0 fully saturated rings. The molecule has 0 aliphatic heterocycles. The van der Waals surface area contributed by atoms with Crippen molar-refractivity contribution in [3.63, 3.8) is 0 Å². The quantitative estimate of drug-likeness (QED) is 0.728. The Bertz CT molecular complexity index is 680. The first-order valence-electron chi connectivity index (χ1n) is 5.07. The molecule has 2 aromatic rings. The lowest BCUT2D eigenvalue weighted by Crippen LogP contribution is -2.18. The molecule has 1 N–H and O–H groups in total. The zero-order chi connectivity index (χ0) is 11.1. The lowest BCUT2D eigenvalue weighted by Gasteiger charge is -2.10. The fourth-order valence-electron chi connectivity index (χ4n) is 1.95. The molecular formula is C13H9NO2. The van der Waals surface area contributed by atoms with Crippen molar-refractivity contribution < 1.29 is 4.42 Å². The van der Waals surface area contributed by atoms with Gasteiger partial charge >= 0.3 is 0 Å². The molecule has 78 valence electrons. The van der Waals surface area contributed by atoms with Crippen molar-refractivity contribution in [2.45, 2.75) is 6.42 Å². The molecule has 3 rings (SSSR count). The summed E-state index contributed by atoms with van der Waals surface area (Å²) >= 11 is 0. The van der Waals surface area contributed by atoms with Gasteiger partial charge in [0.05, 0.1) is 16.7 Å². The molecule has 0 radical (unpaired) electrons. The maximum atomic E-state index is 12.1. The van der Waals surface area contributed by atoms with Crippen molar-refractivity contribution in [2.24, 2.45) is 0 Å². The number of hydrogen-bond donors (Lipinski definition) is 1. The van der Waals surface area contributed by atoms with Gasteiger partial charge < -0.3 is 9.83 Å². The Morgan fingerprint density at radius 1 is 1.25 bits per heavy atom. The Labute approximate surface area is 91.5 Å². The number of nitrogens with one attached hydrogen (secondary N) is 1. The van der Waals surface area contributed by atoms with Gasteiger partial charge in [-0.15, -0.1) is 0 Å². The SMILES string of the molecule is N=C1CC=Cc2oc3ccccc3c(=O)c21. The van der Waals surface area contributed by atoms with Crippen molar-refractivity contribution in [3.05, 3.63) is 51.9 Å². The van der Waals surface area contributed by atoms with E-state index in [1.165, 1.54) is 0 Å². The molecule has 0 atom stereocenters. The standard InChI is InChI=1S/C13H9NO2/c14-9-5-3-7-11-12(9)13(15)8-4-1-2-6-10(8)16-11/h1-4,6-7,14H,5H2. The molecular weight excluding hydrogens is 202 g/mol. The normalized spacial score (nSPS) is 14.1. The molecule has 1 aromatic heterocycles. The van der Waals surface area contributed by atoms with Gasteiger partial charge in [-0.3, -0.25) is 4.79 Å². The molecule has 3 nitrogen and oxygen atoms in total. The molecule has 16 heavy (non-hydrogen) atoms. The number of rotatable bonds is 0. The summed E-state index contributed by atoms with van der Waals surface area (Å²) in [6.45, 7) is 0. The Hall–Kier alpha value is -2.16. The summed E-state index contributed by atoms with van der Waals surface area (Å²) < 4.78 is 5.61. The van der Waals surface area contributed by atoms with Crippen LogP contribution >= 0.6 is 0 Å². The van der Waals surface area contributed by atoms with Gasteiger partial charge in [-0.1, -0.05) is 18.2 Å². The fraction of sp³-hybridized carbons (Fsp3) is 0.0769. The molecule has 0 unspecified atom stereocenters. The average molecular weight is 211 g/mol. The zero-order valence-electron chi connectivity index (χ0n) is 8.49. The first kappa shape index (κ1) is 9.09. The van der Waals surface area contributed by atoms with Crippen LogP contribution in [-0.4, -0.2) is 5.71 Å². The summed E-state index contributed by atoms with van der Waals surface area (Å²) in [5.41, 5.74) is 1.20. The van der Waals surface area contributed by atoms with E-state index in [1.807, 2.05) is 12.1 Å². The summed E-state index contributed by atoms with van der Waals surface area (Å²) in [5.74, 6) is 0.500. The highest BCUT2D eigenvalue weighted by molar-refractivity contribution is 6.05. The first-order chi connectivity index (χ1) is 7.77. The monoisotopic (exact) mass is 211 g/mol. The number of fused-ring (bicyclic) bond motifs is 2. The van der Waals surface area contributed by atoms with Crippen molar-refractivity contribution in [3.8, 4) is 0 Å². The van der Waals surface area contributed by atoms with Gasteiger partial charge in [0.15, 0.2) is 0 Å². The molecule has 1 heterocycles. The number of benzene rings is 1. The summed E-state index contributed by atoms with van der Waals surface area (Å²) in [4.78, 5) is 12.1. The van der Waals surface area contributed by atoms with Crippen LogP contribution < -0.4 is 5.43 Å². The van der Waals surface area contributed by atoms with Crippen LogP contribution in [0.5, 0.6) is 0 Å². The van der Waals surface area contributed by atoms with Crippen LogP contribution in [0.25, 0.3) is 17.0 Å². The Kier molecular flexibility index (Phi) is 1.80. The van der Waals surface area contributed by atoms with Crippen LogP contribution in [0.4, 0.5) is 0 Å². The van der Waals surface area contributed by atoms with Crippen LogP contribution in [0.2, 0.25) is 0 Å². The molecule has 0 bridgehead atoms. The van der Waals surface area contributed by atoms with Gasteiger partial charge in [0.2, 0.25) is 5.43 Å². The van der Waals surface area contributed by atoms with E-state index in [4.69, 9.17) is 9.83 Å². The lowest BCUT2D eigenvalue weighted by molar-refractivity contribution is 0.588. The van der Waals surface area contributed by atoms with Crippen LogP contribution in [0, 0.1) is 5.41 Å². The second-order valence-corrected chi connectivity index (χ2v) is 3.75. The highest BCUT2D eigenvalue weighted by atomic mass is 16.3. The largest absolute Gasteiger partial charge is 0.456 e. The molecule has 0 spiro atoms. The maximum Gasteiger partial charge on any atom is 0.202 e. The fourth-order valence-corrected chi connectivity index (χ4v) is 1.95. The van der Waals surface area contributed by atoms with Crippen LogP contribution in [0.1, 0.15) is 17.7 Å². The van der Waals surface area contributed by atoms with Crippen molar-refractivity contribution in [2.75, 3.05) is 0 Å². The maximum absolute atomic E-state index is 12.1.